The van der Waals surface area contributed by atoms with Crippen molar-refractivity contribution in [3.05, 3.63) is 66.2 Å². The lowest BCUT2D eigenvalue weighted by atomic mass is 9.79. The van der Waals surface area contributed by atoms with Crippen LogP contribution in [0, 0.1) is 0 Å². The first-order valence-electron chi connectivity index (χ1n) is 6.19. The molecule has 1 aliphatic heterocycles. The van der Waals surface area contributed by atoms with Crippen LogP contribution in [0.1, 0.15) is 18.9 Å². The van der Waals surface area contributed by atoms with E-state index >= 15 is 0 Å². The molecule has 0 radical (unpaired) electrons. The minimum absolute atomic E-state index is 0.169. The number of anilines is 1. The largest absolute Gasteiger partial charge is 0.362 e. The third kappa shape index (κ3) is 1.62. The number of para-hydroxylation sites is 1. The lowest BCUT2D eigenvalue weighted by Gasteiger charge is -2.52. The molecule has 1 aliphatic rings. The summed E-state index contributed by atoms with van der Waals surface area (Å²) in [6.45, 7) is 3.48. The smallest absolute Gasteiger partial charge is 0.0642 e. The Bertz CT molecular complexity index is 491. The first-order chi connectivity index (χ1) is 8.31. The Kier molecular flexibility index (Phi) is 2.40. The molecule has 0 bridgehead atoms. The second-order valence-electron chi connectivity index (χ2n) is 4.88. The Morgan fingerprint density at radius 3 is 2.00 bits per heavy atom. The van der Waals surface area contributed by atoms with Crippen LogP contribution in [0.2, 0.25) is 0 Å². The van der Waals surface area contributed by atoms with Gasteiger partial charge in [0.15, 0.2) is 0 Å². The number of nitrogens with zero attached hydrogens (tertiary/aromatic N) is 1. The van der Waals surface area contributed by atoms with Crippen molar-refractivity contribution in [2.45, 2.75) is 18.9 Å². The van der Waals surface area contributed by atoms with E-state index < -0.39 is 0 Å². The van der Waals surface area contributed by atoms with E-state index in [0.717, 1.165) is 6.54 Å². The fraction of sp³-hybridized carbons (Fsp3) is 0.250. The molecule has 0 amide bonds. The van der Waals surface area contributed by atoms with Crippen LogP contribution in [0.5, 0.6) is 0 Å². The number of benzene rings is 2. The second-order valence-corrected chi connectivity index (χ2v) is 4.88. The summed E-state index contributed by atoms with van der Waals surface area (Å²) in [4.78, 5) is 2.49. The molecule has 17 heavy (non-hydrogen) atoms. The molecule has 0 saturated carbocycles. The van der Waals surface area contributed by atoms with Gasteiger partial charge in [0.2, 0.25) is 0 Å². The molecule has 1 nitrogen and oxygen atoms in total. The van der Waals surface area contributed by atoms with Crippen molar-refractivity contribution in [2.75, 3.05) is 11.4 Å². The highest BCUT2D eigenvalue weighted by molar-refractivity contribution is 5.54. The van der Waals surface area contributed by atoms with Gasteiger partial charge in [-0.1, -0.05) is 48.5 Å². The Balaban J connectivity index is 1.95. The molecule has 0 aliphatic carbocycles. The van der Waals surface area contributed by atoms with Gasteiger partial charge in [-0.05, 0) is 31.0 Å². The van der Waals surface area contributed by atoms with Gasteiger partial charge in [0.05, 0.1) is 5.54 Å². The summed E-state index contributed by atoms with van der Waals surface area (Å²) in [5.74, 6) is 0. The first kappa shape index (κ1) is 10.4. The van der Waals surface area contributed by atoms with E-state index in [9.17, 15) is 0 Å². The summed E-state index contributed by atoms with van der Waals surface area (Å²) >= 11 is 0. The molecule has 2 aromatic carbocycles. The minimum atomic E-state index is 0.169. The molecule has 1 fully saturated rings. The molecule has 1 heteroatoms. The quantitative estimate of drug-likeness (QED) is 0.748. The molecule has 1 unspecified atom stereocenters. The molecular weight excluding hydrogens is 206 g/mol. The van der Waals surface area contributed by atoms with Gasteiger partial charge in [-0.2, -0.15) is 0 Å². The fourth-order valence-electron chi connectivity index (χ4n) is 2.68. The standard InChI is InChI=1S/C16H17N/c1-16(14-8-4-2-5-9-14)12-13-17(16)15-10-6-3-7-11-15/h2-11H,12-13H2,1H3. The van der Waals surface area contributed by atoms with Crippen molar-refractivity contribution in [1.29, 1.82) is 0 Å². The van der Waals surface area contributed by atoms with Crippen LogP contribution in [0.15, 0.2) is 60.7 Å². The zero-order valence-corrected chi connectivity index (χ0v) is 10.1. The van der Waals surface area contributed by atoms with Crippen LogP contribution in [0.25, 0.3) is 0 Å². The number of rotatable bonds is 2. The van der Waals surface area contributed by atoms with Crippen molar-refractivity contribution in [2.24, 2.45) is 0 Å². The molecule has 0 spiro atoms. The molecular formula is C16H17N. The van der Waals surface area contributed by atoms with Crippen molar-refractivity contribution >= 4 is 5.69 Å². The Morgan fingerprint density at radius 1 is 0.882 bits per heavy atom. The van der Waals surface area contributed by atoms with E-state index in [2.05, 4.69) is 72.5 Å². The Labute approximate surface area is 103 Å². The van der Waals surface area contributed by atoms with Crippen LogP contribution >= 0.6 is 0 Å². The monoisotopic (exact) mass is 223 g/mol. The number of hydrogen-bond donors (Lipinski definition) is 0. The van der Waals surface area contributed by atoms with Gasteiger partial charge in [0.1, 0.15) is 0 Å². The maximum absolute atomic E-state index is 2.49. The predicted molar refractivity (Wildman–Crippen MR) is 72.2 cm³/mol. The van der Waals surface area contributed by atoms with Gasteiger partial charge in [0, 0.05) is 12.2 Å². The lowest BCUT2D eigenvalue weighted by molar-refractivity contribution is 0.309. The van der Waals surface area contributed by atoms with Gasteiger partial charge < -0.3 is 4.90 Å². The van der Waals surface area contributed by atoms with Crippen LogP contribution in [0.3, 0.4) is 0 Å². The van der Waals surface area contributed by atoms with Crippen molar-refractivity contribution < 1.29 is 0 Å². The van der Waals surface area contributed by atoms with Gasteiger partial charge in [-0.25, -0.2) is 0 Å². The molecule has 1 atom stereocenters. The summed E-state index contributed by atoms with van der Waals surface area (Å²) in [6.07, 6.45) is 1.23. The van der Waals surface area contributed by atoms with Crippen molar-refractivity contribution in [1.82, 2.24) is 0 Å². The van der Waals surface area contributed by atoms with Crippen molar-refractivity contribution in [3.63, 3.8) is 0 Å². The second kappa shape index (κ2) is 3.92. The topological polar surface area (TPSA) is 3.24 Å². The van der Waals surface area contributed by atoms with Crippen LogP contribution in [-0.4, -0.2) is 6.54 Å². The average molecular weight is 223 g/mol. The number of hydrogen-bond acceptors (Lipinski definition) is 1. The fourth-order valence-corrected chi connectivity index (χ4v) is 2.68. The maximum atomic E-state index is 2.49. The molecule has 86 valence electrons. The Hall–Kier alpha value is -1.76. The highest BCUT2D eigenvalue weighted by atomic mass is 15.3. The Morgan fingerprint density at radius 2 is 1.47 bits per heavy atom. The van der Waals surface area contributed by atoms with E-state index in [4.69, 9.17) is 0 Å². The van der Waals surface area contributed by atoms with Gasteiger partial charge in [0.25, 0.3) is 0 Å². The average Bonchev–Trinajstić information content (AvgIpc) is 2.39. The van der Waals surface area contributed by atoms with E-state index in [1.807, 2.05) is 0 Å². The van der Waals surface area contributed by atoms with Gasteiger partial charge >= 0.3 is 0 Å². The van der Waals surface area contributed by atoms with Gasteiger partial charge in [-0.15, -0.1) is 0 Å². The van der Waals surface area contributed by atoms with E-state index in [-0.39, 0.29) is 5.54 Å². The van der Waals surface area contributed by atoms with Crippen LogP contribution in [0.4, 0.5) is 5.69 Å². The maximum Gasteiger partial charge on any atom is 0.0642 e. The highest BCUT2D eigenvalue weighted by Crippen LogP contribution is 2.42. The molecule has 0 N–H and O–H groups in total. The minimum Gasteiger partial charge on any atom is -0.362 e. The zero-order valence-electron chi connectivity index (χ0n) is 10.1. The lowest BCUT2D eigenvalue weighted by Crippen LogP contribution is -2.55. The predicted octanol–water partition coefficient (Wildman–Crippen LogP) is 3.81. The summed E-state index contributed by atoms with van der Waals surface area (Å²) in [7, 11) is 0. The zero-order chi connectivity index (χ0) is 11.7. The highest BCUT2D eigenvalue weighted by Gasteiger charge is 2.41. The van der Waals surface area contributed by atoms with E-state index in [0.29, 0.717) is 0 Å². The van der Waals surface area contributed by atoms with Crippen molar-refractivity contribution in [3.8, 4) is 0 Å². The molecule has 1 heterocycles. The third-order valence-electron chi connectivity index (χ3n) is 3.88. The molecule has 0 aromatic heterocycles. The van der Waals surface area contributed by atoms with Gasteiger partial charge in [-0.3, -0.25) is 0 Å². The van der Waals surface area contributed by atoms with E-state index in [1.54, 1.807) is 0 Å². The van der Waals surface area contributed by atoms with Crippen LogP contribution in [-0.2, 0) is 5.54 Å². The third-order valence-corrected chi connectivity index (χ3v) is 3.88. The van der Waals surface area contributed by atoms with Crippen LogP contribution < -0.4 is 4.90 Å². The molecule has 2 aromatic rings. The summed E-state index contributed by atoms with van der Waals surface area (Å²) in [5.41, 5.74) is 2.91. The SMILES string of the molecule is CC1(c2ccccc2)CCN1c1ccccc1. The summed E-state index contributed by atoms with van der Waals surface area (Å²) in [6, 6.07) is 21.5. The first-order valence-corrected chi connectivity index (χ1v) is 6.19. The normalized spacial score (nSPS) is 23.2. The summed E-state index contributed by atoms with van der Waals surface area (Å²) < 4.78 is 0. The van der Waals surface area contributed by atoms with E-state index in [1.165, 1.54) is 17.7 Å². The molecule has 3 rings (SSSR count). The molecule has 1 saturated heterocycles. The summed E-state index contributed by atoms with van der Waals surface area (Å²) in [5, 5.41) is 0.